The molecule has 3 nitrogen and oxygen atoms in total. The fourth-order valence-corrected chi connectivity index (χ4v) is 6.38. The molecule has 1 fully saturated rings. The molecule has 0 bridgehead atoms. The molecule has 118 valence electrons. The van der Waals surface area contributed by atoms with Gasteiger partial charge in [-0.2, -0.15) is 11.8 Å². The minimum Gasteiger partial charge on any atom is -0.383 e. The van der Waals surface area contributed by atoms with Crippen LogP contribution in [0.1, 0.15) is 42.3 Å². The second-order valence-corrected chi connectivity index (χ2v) is 9.15. The van der Waals surface area contributed by atoms with Crippen LogP contribution in [0.2, 0.25) is 0 Å². The molecule has 2 heterocycles. The fourth-order valence-electron chi connectivity index (χ4n) is 3.53. The highest BCUT2D eigenvalue weighted by atomic mass is 32.2. The zero-order valence-corrected chi connectivity index (χ0v) is 15.0. The summed E-state index contributed by atoms with van der Waals surface area (Å²) in [7, 11) is 1.77. The summed E-state index contributed by atoms with van der Waals surface area (Å²) in [6.07, 6.45) is 4.87. The first-order valence-electron chi connectivity index (χ1n) is 7.85. The minimum atomic E-state index is 0.0416. The smallest absolute Gasteiger partial charge is 0.114 e. The van der Waals surface area contributed by atoms with Gasteiger partial charge in [-0.05, 0) is 36.9 Å². The minimum absolute atomic E-state index is 0.0416. The van der Waals surface area contributed by atoms with Gasteiger partial charge in [0, 0.05) is 24.3 Å². The lowest BCUT2D eigenvalue weighted by Crippen LogP contribution is -2.51. The number of aryl methyl sites for hydroxylation is 2. The van der Waals surface area contributed by atoms with Crippen molar-refractivity contribution in [2.75, 3.05) is 31.8 Å². The highest BCUT2D eigenvalue weighted by molar-refractivity contribution is 7.99. The number of hydrogen-bond donors (Lipinski definition) is 1. The summed E-state index contributed by atoms with van der Waals surface area (Å²) in [5, 5.41) is 5.12. The molecule has 1 aromatic rings. The van der Waals surface area contributed by atoms with E-state index in [1.54, 1.807) is 7.11 Å². The molecule has 1 atom stereocenters. The van der Waals surface area contributed by atoms with Crippen molar-refractivity contribution in [1.29, 1.82) is 0 Å². The van der Waals surface area contributed by atoms with Gasteiger partial charge in [-0.1, -0.05) is 13.8 Å². The topological polar surface area (TPSA) is 34.1 Å². The first-order chi connectivity index (χ1) is 10.0. The molecule has 1 unspecified atom stereocenters. The molecule has 5 heteroatoms. The van der Waals surface area contributed by atoms with Gasteiger partial charge in [0.15, 0.2) is 0 Å². The van der Waals surface area contributed by atoms with Crippen molar-refractivity contribution in [2.24, 2.45) is 5.41 Å². The second-order valence-electron chi connectivity index (χ2n) is 7.08. The quantitative estimate of drug-likeness (QED) is 0.843. The number of aromatic nitrogens is 1. The Morgan fingerprint density at radius 1 is 1.29 bits per heavy atom. The van der Waals surface area contributed by atoms with Crippen LogP contribution in [0.5, 0.6) is 0 Å². The number of rotatable bonds is 5. The van der Waals surface area contributed by atoms with Crippen LogP contribution in [0.4, 0.5) is 0 Å². The molecule has 2 aliphatic rings. The summed E-state index contributed by atoms with van der Waals surface area (Å²) < 4.78 is 5.24. The third-order valence-electron chi connectivity index (χ3n) is 4.40. The highest BCUT2D eigenvalue weighted by Gasteiger charge is 2.44. The van der Waals surface area contributed by atoms with E-state index in [9.17, 15) is 0 Å². The van der Waals surface area contributed by atoms with E-state index in [2.05, 4.69) is 30.9 Å². The summed E-state index contributed by atoms with van der Waals surface area (Å²) in [4.78, 5) is 6.57. The summed E-state index contributed by atoms with van der Waals surface area (Å²) in [6.45, 7) is 6.43. The predicted octanol–water partition coefficient (Wildman–Crippen LogP) is 3.23. The third kappa shape index (κ3) is 3.31. The monoisotopic (exact) mass is 326 g/mol. The van der Waals surface area contributed by atoms with Gasteiger partial charge in [0.1, 0.15) is 5.01 Å². The standard InChI is InChI=1S/C16H26N2OS2/c1-15(2)9-16(11-20-10-15,17-7-8-19-3)14-18-12-5-4-6-13(12)21-14/h17H,4-11H2,1-3H3. The van der Waals surface area contributed by atoms with Crippen LogP contribution in [0.3, 0.4) is 0 Å². The molecule has 1 aliphatic carbocycles. The Bertz CT molecular complexity index is 479. The van der Waals surface area contributed by atoms with E-state index in [0.29, 0.717) is 5.41 Å². The molecule has 0 saturated carbocycles. The van der Waals surface area contributed by atoms with Crippen LogP contribution in [0.15, 0.2) is 0 Å². The molecule has 0 aromatic carbocycles. The van der Waals surface area contributed by atoms with Crippen LogP contribution in [0.25, 0.3) is 0 Å². The van der Waals surface area contributed by atoms with E-state index < -0.39 is 0 Å². The van der Waals surface area contributed by atoms with E-state index >= 15 is 0 Å². The van der Waals surface area contributed by atoms with E-state index in [1.165, 1.54) is 47.0 Å². The number of fused-ring (bicyclic) bond motifs is 1. The second kappa shape index (κ2) is 6.19. The number of nitrogens with zero attached hydrogens (tertiary/aromatic N) is 1. The van der Waals surface area contributed by atoms with Gasteiger partial charge in [-0.25, -0.2) is 4.98 Å². The summed E-state index contributed by atoms with van der Waals surface area (Å²) in [6, 6.07) is 0. The van der Waals surface area contributed by atoms with Crippen molar-refractivity contribution in [2.45, 2.75) is 45.1 Å². The van der Waals surface area contributed by atoms with Crippen molar-refractivity contribution in [1.82, 2.24) is 10.3 Å². The summed E-state index contributed by atoms with van der Waals surface area (Å²) >= 11 is 4.02. The Morgan fingerprint density at radius 3 is 2.86 bits per heavy atom. The maximum absolute atomic E-state index is 5.24. The van der Waals surface area contributed by atoms with Crippen molar-refractivity contribution in [3.8, 4) is 0 Å². The van der Waals surface area contributed by atoms with Gasteiger partial charge in [-0.3, -0.25) is 0 Å². The van der Waals surface area contributed by atoms with Crippen LogP contribution in [-0.2, 0) is 23.1 Å². The Balaban J connectivity index is 1.87. The largest absolute Gasteiger partial charge is 0.383 e. The molecule has 0 amide bonds. The van der Waals surface area contributed by atoms with Crippen molar-refractivity contribution in [3.63, 3.8) is 0 Å². The molecule has 0 radical (unpaired) electrons. The maximum atomic E-state index is 5.24. The number of hydrogen-bond acceptors (Lipinski definition) is 5. The predicted molar refractivity (Wildman–Crippen MR) is 91.4 cm³/mol. The van der Waals surface area contributed by atoms with Gasteiger partial charge < -0.3 is 10.1 Å². The normalized spacial score (nSPS) is 27.8. The molecule has 1 aliphatic heterocycles. The number of ether oxygens (including phenoxy) is 1. The lowest BCUT2D eigenvalue weighted by molar-refractivity contribution is 0.168. The third-order valence-corrected chi connectivity index (χ3v) is 7.44. The van der Waals surface area contributed by atoms with Crippen LogP contribution < -0.4 is 5.32 Å². The van der Waals surface area contributed by atoms with Crippen molar-refractivity contribution in [3.05, 3.63) is 15.6 Å². The van der Waals surface area contributed by atoms with Crippen LogP contribution >= 0.6 is 23.1 Å². The molecule has 1 saturated heterocycles. The number of thiazole rings is 1. The zero-order chi connectivity index (χ0) is 14.9. The van der Waals surface area contributed by atoms with Gasteiger partial charge in [0.25, 0.3) is 0 Å². The molecular weight excluding hydrogens is 300 g/mol. The number of thioether (sulfide) groups is 1. The fraction of sp³-hybridized carbons (Fsp3) is 0.812. The van der Waals surface area contributed by atoms with Gasteiger partial charge >= 0.3 is 0 Å². The lowest BCUT2D eigenvalue weighted by Gasteiger charge is -2.44. The number of nitrogens with one attached hydrogen (secondary N) is 1. The van der Waals surface area contributed by atoms with Crippen LogP contribution in [-0.4, -0.2) is 36.8 Å². The molecule has 21 heavy (non-hydrogen) atoms. The molecular formula is C16H26N2OS2. The van der Waals surface area contributed by atoms with Gasteiger partial charge in [-0.15, -0.1) is 11.3 Å². The van der Waals surface area contributed by atoms with Gasteiger partial charge in [0.05, 0.1) is 17.8 Å². The van der Waals surface area contributed by atoms with Crippen LogP contribution in [0, 0.1) is 5.41 Å². The Morgan fingerprint density at radius 2 is 2.14 bits per heavy atom. The Kier molecular flexibility index (Phi) is 4.65. The van der Waals surface area contributed by atoms with Crippen molar-refractivity contribution < 1.29 is 4.74 Å². The molecule has 1 N–H and O–H groups in total. The zero-order valence-electron chi connectivity index (χ0n) is 13.3. The highest BCUT2D eigenvalue weighted by Crippen LogP contribution is 2.46. The average Bonchev–Trinajstić information content (AvgIpc) is 2.98. The first kappa shape index (κ1) is 15.8. The maximum Gasteiger partial charge on any atom is 0.114 e. The van der Waals surface area contributed by atoms with E-state index in [-0.39, 0.29) is 5.54 Å². The Hall–Kier alpha value is -0.100. The summed E-state index contributed by atoms with van der Waals surface area (Å²) in [5.41, 5.74) is 1.77. The van der Waals surface area contributed by atoms with Crippen molar-refractivity contribution >= 4 is 23.1 Å². The first-order valence-corrected chi connectivity index (χ1v) is 9.83. The molecule has 0 spiro atoms. The SMILES string of the molecule is COCCNC1(c2nc3c(s2)CCC3)CSCC(C)(C)C1. The van der Waals surface area contributed by atoms with E-state index in [4.69, 9.17) is 9.72 Å². The average molecular weight is 327 g/mol. The summed E-state index contributed by atoms with van der Waals surface area (Å²) in [5.74, 6) is 2.37. The molecule has 3 rings (SSSR count). The molecule has 1 aromatic heterocycles. The van der Waals surface area contributed by atoms with E-state index in [1.807, 2.05) is 11.3 Å². The Labute approximate surface area is 136 Å². The van der Waals surface area contributed by atoms with Gasteiger partial charge in [0.2, 0.25) is 0 Å². The van der Waals surface area contributed by atoms with E-state index in [0.717, 1.165) is 18.9 Å². The number of methoxy groups -OCH3 is 1. The lowest BCUT2D eigenvalue weighted by atomic mass is 9.80.